The van der Waals surface area contributed by atoms with E-state index < -0.39 is 39.1 Å². The Morgan fingerprint density at radius 2 is 1.87 bits per heavy atom. The topological polar surface area (TPSA) is 113 Å². The van der Waals surface area contributed by atoms with E-state index in [9.17, 15) is 18.0 Å². The number of likely N-dealkylation sites (tertiary alicyclic amines) is 1. The molecule has 0 aromatic carbocycles. The number of amides is 1. The third-order valence-electron chi connectivity index (χ3n) is 3.23. The van der Waals surface area contributed by atoms with Crippen molar-refractivity contribution in [3.05, 3.63) is 0 Å². The minimum absolute atomic E-state index is 0.0964. The maximum atomic E-state index is 12.0. The number of rotatable bonds is 6. The van der Waals surface area contributed by atoms with E-state index in [1.165, 1.54) is 4.90 Å². The first kappa shape index (κ1) is 19.7. The molecule has 0 saturated carbocycles. The minimum Gasteiger partial charge on any atom is -0.481 e. The van der Waals surface area contributed by atoms with Crippen LogP contribution in [-0.4, -0.2) is 72.8 Å². The molecule has 134 valence electrons. The lowest BCUT2D eigenvalue weighted by Crippen LogP contribution is -2.73. The van der Waals surface area contributed by atoms with Crippen molar-refractivity contribution in [1.29, 1.82) is 0 Å². The fraction of sp³-hybridized carbons (Fsp3) is 0.857. The van der Waals surface area contributed by atoms with E-state index in [0.29, 0.717) is 0 Å². The molecule has 2 N–H and O–H groups in total. The maximum absolute atomic E-state index is 12.0. The SMILES string of the molecule is CC(CS(C)(=O)=O)NC1(CC(=O)O)CN(C(=O)OC(C)(C)C)C1. The van der Waals surface area contributed by atoms with E-state index in [2.05, 4.69) is 5.32 Å². The third-order valence-corrected chi connectivity index (χ3v) is 4.34. The van der Waals surface area contributed by atoms with E-state index in [-0.39, 0.29) is 25.3 Å². The molecule has 0 radical (unpaired) electrons. The molecule has 23 heavy (non-hydrogen) atoms. The normalized spacial score (nSPS) is 18.9. The minimum atomic E-state index is -3.18. The number of carbonyl (C=O) groups is 2. The van der Waals surface area contributed by atoms with Crippen molar-refractivity contribution >= 4 is 21.9 Å². The van der Waals surface area contributed by atoms with E-state index in [1.807, 2.05) is 0 Å². The van der Waals surface area contributed by atoms with Crippen LogP contribution in [0.3, 0.4) is 0 Å². The number of carbonyl (C=O) groups excluding carboxylic acids is 1. The molecule has 9 heteroatoms. The number of ether oxygens (including phenoxy) is 1. The van der Waals surface area contributed by atoms with Gasteiger partial charge in [0, 0.05) is 25.4 Å². The Bertz CT molecular complexity index is 560. The van der Waals surface area contributed by atoms with Crippen LogP contribution in [0, 0.1) is 0 Å². The summed E-state index contributed by atoms with van der Waals surface area (Å²) in [6.45, 7) is 7.27. The highest BCUT2D eigenvalue weighted by molar-refractivity contribution is 7.90. The van der Waals surface area contributed by atoms with Gasteiger partial charge in [-0.15, -0.1) is 0 Å². The summed E-state index contributed by atoms with van der Waals surface area (Å²) in [4.78, 5) is 24.5. The van der Waals surface area contributed by atoms with Gasteiger partial charge in [0.2, 0.25) is 0 Å². The number of carboxylic acids is 1. The van der Waals surface area contributed by atoms with Gasteiger partial charge in [-0.05, 0) is 27.7 Å². The molecule has 0 aromatic heterocycles. The lowest BCUT2D eigenvalue weighted by molar-refractivity contribution is -0.141. The Balaban J connectivity index is 2.70. The van der Waals surface area contributed by atoms with Crippen molar-refractivity contribution in [3.63, 3.8) is 0 Å². The molecule has 8 nitrogen and oxygen atoms in total. The molecule has 0 spiro atoms. The molecule has 1 rings (SSSR count). The summed E-state index contributed by atoms with van der Waals surface area (Å²) < 4.78 is 27.9. The molecule has 1 atom stereocenters. The molecule has 0 aromatic rings. The summed E-state index contributed by atoms with van der Waals surface area (Å²) in [6, 6.07) is -0.412. The van der Waals surface area contributed by atoms with Gasteiger partial charge in [-0.3, -0.25) is 4.79 Å². The van der Waals surface area contributed by atoms with Crippen LogP contribution in [0.4, 0.5) is 4.79 Å². The highest BCUT2D eigenvalue weighted by Gasteiger charge is 2.48. The Morgan fingerprint density at radius 3 is 2.26 bits per heavy atom. The van der Waals surface area contributed by atoms with Crippen molar-refractivity contribution in [1.82, 2.24) is 10.2 Å². The van der Waals surface area contributed by atoms with Gasteiger partial charge >= 0.3 is 12.1 Å². The predicted molar refractivity (Wildman–Crippen MR) is 85.1 cm³/mol. The monoisotopic (exact) mass is 350 g/mol. The fourth-order valence-corrected chi connectivity index (χ4v) is 3.69. The predicted octanol–water partition coefficient (Wildman–Crippen LogP) is 0.473. The molecule has 0 aliphatic carbocycles. The number of sulfone groups is 1. The van der Waals surface area contributed by atoms with E-state index in [0.717, 1.165) is 6.26 Å². The van der Waals surface area contributed by atoms with Crippen molar-refractivity contribution < 1.29 is 27.9 Å². The zero-order valence-electron chi connectivity index (χ0n) is 14.2. The largest absolute Gasteiger partial charge is 0.481 e. The first-order chi connectivity index (χ1) is 10.2. The van der Waals surface area contributed by atoms with Gasteiger partial charge in [-0.2, -0.15) is 0 Å². The number of hydrogen-bond acceptors (Lipinski definition) is 6. The highest BCUT2D eigenvalue weighted by atomic mass is 32.2. The number of nitrogens with one attached hydrogen (secondary N) is 1. The molecule has 1 fully saturated rings. The van der Waals surface area contributed by atoms with E-state index in [1.54, 1.807) is 27.7 Å². The van der Waals surface area contributed by atoms with Crippen molar-refractivity contribution in [3.8, 4) is 0 Å². The third kappa shape index (κ3) is 6.74. The first-order valence-corrected chi connectivity index (χ1v) is 9.43. The summed E-state index contributed by atoms with van der Waals surface area (Å²) in [5.74, 6) is -1.10. The Morgan fingerprint density at radius 1 is 1.35 bits per heavy atom. The van der Waals surface area contributed by atoms with Gasteiger partial charge in [0.1, 0.15) is 15.4 Å². The van der Waals surface area contributed by atoms with Crippen LogP contribution < -0.4 is 5.32 Å². The summed E-state index contributed by atoms with van der Waals surface area (Å²) in [7, 11) is -3.18. The highest BCUT2D eigenvalue weighted by Crippen LogP contribution is 2.27. The quantitative estimate of drug-likeness (QED) is 0.716. The lowest BCUT2D eigenvalue weighted by Gasteiger charge is -2.50. The van der Waals surface area contributed by atoms with Gasteiger partial charge < -0.3 is 20.1 Å². The zero-order valence-corrected chi connectivity index (χ0v) is 15.1. The maximum Gasteiger partial charge on any atom is 0.410 e. The smallest absolute Gasteiger partial charge is 0.410 e. The molecule has 1 heterocycles. The second-order valence-corrected chi connectivity index (χ2v) is 9.51. The summed E-state index contributed by atoms with van der Waals surface area (Å²) in [5.41, 5.74) is -1.45. The summed E-state index contributed by atoms with van der Waals surface area (Å²) >= 11 is 0. The zero-order chi connectivity index (χ0) is 18.1. The second kappa shape index (κ2) is 6.64. The molecular weight excluding hydrogens is 324 g/mol. The van der Waals surface area contributed by atoms with Crippen LogP contribution in [0.2, 0.25) is 0 Å². The van der Waals surface area contributed by atoms with Crippen LogP contribution in [0.15, 0.2) is 0 Å². The van der Waals surface area contributed by atoms with Gasteiger partial charge in [-0.1, -0.05) is 0 Å². The molecule has 1 aliphatic rings. The Hall–Kier alpha value is -1.35. The molecule has 1 amide bonds. The molecule has 1 saturated heterocycles. The molecule has 0 bridgehead atoms. The number of aliphatic carboxylic acids is 1. The molecule has 1 unspecified atom stereocenters. The Labute approximate surface area is 137 Å². The average molecular weight is 350 g/mol. The van der Waals surface area contributed by atoms with Gasteiger partial charge in [0.25, 0.3) is 0 Å². The van der Waals surface area contributed by atoms with Crippen molar-refractivity contribution in [2.75, 3.05) is 25.1 Å². The van der Waals surface area contributed by atoms with Gasteiger partial charge in [0.05, 0.1) is 17.7 Å². The first-order valence-electron chi connectivity index (χ1n) is 7.36. The average Bonchev–Trinajstić information content (AvgIpc) is 2.18. The van der Waals surface area contributed by atoms with Crippen LogP contribution in [0.1, 0.15) is 34.1 Å². The number of nitrogens with zero attached hydrogens (tertiary/aromatic N) is 1. The van der Waals surface area contributed by atoms with Crippen LogP contribution in [0.5, 0.6) is 0 Å². The van der Waals surface area contributed by atoms with Crippen LogP contribution >= 0.6 is 0 Å². The summed E-state index contributed by atoms with van der Waals surface area (Å²) in [5, 5.41) is 12.1. The molecule has 1 aliphatic heterocycles. The van der Waals surface area contributed by atoms with Crippen LogP contribution in [0.25, 0.3) is 0 Å². The number of carboxylic acid groups (broad SMARTS) is 1. The van der Waals surface area contributed by atoms with Gasteiger partial charge in [0.15, 0.2) is 0 Å². The molecular formula is C14H26N2O6S. The van der Waals surface area contributed by atoms with Crippen LogP contribution in [-0.2, 0) is 19.4 Å². The second-order valence-electron chi connectivity index (χ2n) is 7.33. The van der Waals surface area contributed by atoms with E-state index in [4.69, 9.17) is 9.84 Å². The van der Waals surface area contributed by atoms with E-state index >= 15 is 0 Å². The Kier molecular flexibility index (Phi) is 5.69. The number of hydrogen-bond donors (Lipinski definition) is 2. The standard InChI is InChI=1S/C14H26N2O6S/c1-10(7-23(5,20)21)15-14(6-11(17)18)8-16(9-14)12(19)22-13(2,3)4/h10,15H,6-9H2,1-5H3,(H,17,18). The van der Waals surface area contributed by atoms with Crippen molar-refractivity contribution in [2.24, 2.45) is 0 Å². The fourth-order valence-electron chi connectivity index (χ4n) is 2.70. The van der Waals surface area contributed by atoms with Gasteiger partial charge in [-0.25, -0.2) is 13.2 Å². The van der Waals surface area contributed by atoms with Crippen molar-refractivity contribution in [2.45, 2.75) is 51.3 Å². The summed E-state index contributed by atoms with van der Waals surface area (Å²) in [6.07, 6.45) is 0.430. The lowest BCUT2D eigenvalue weighted by atomic mass is 9.85.